The molecule has 4 rings (SSSR count). The van der Waals surface area contributed by atoms with Gasteiger partial charge in [-0.1, -0.05) is 0 Å². The highest BCUT2D eigenvalue weighted by Crippen LogP contribution is 2.33. The Bertz CT molecular complexity index is 703. The number of aromatic nitrogens is 2. The molecule has 1 aliphatic rings. The zero-order valence-corrected chi connectivity index (χ0v) is 11.6. The summed E-state index contributed by atoms with van der Waals surface area (Å²) in [5.74, 6) is 3.49. The Hall–Kier alpha value is -2.43. The molecule has 0 saturated carbocycles. The van der Waals surface area contributed by atoms with E-state index in [9.17, 15) is 0 Å². The van der Waals surface area contributed by atoms with Gasteiger partial charge in [-0.25, -0.2) is 4.98 Å². The number of H-pyrrole nitrogens is 1. The number of aromatic amines is 1. The number of fused-ring (bicyclic) bond motifs is 2. The number of hydrogen-bond acceptors (Lipinski definition) is 4. The van der Waals surface area contributed by atoms with Crippen LogP contribution in [-0.4, -0.2) is 23.2 Å². The van der Waals surface area contributed by atoms with E-state index in [1.807, 2.05) is 24.3 Å². The number of imidazole rings is 1. The van der Waals surface area contributed by atoms with E-state index in [4.69, 9.17) is 13.9 Å². The van der Waals surface area contributed by atoms with Gasteiger partial charge in [0, 0.05) is 31.4 Å². The topological polar surface area (TPSA) is 60.3 Å². The van der Waals surface area contributed by atoms with Crippen LogP contribution in [0, 0.1) is 0 Å². The minimum Gasteiger partial charge on any atom is -0.489 e. The second kappa shape index (κ2) is 5.16. The van der Waals surface area contributed by atoms with Crippen LogP contribution in [0.3, 0.4) is 0 Å². The van der Waals surface area contributed by atoms with Gasteiger partial charge in [0.05, 0.1) is 30.5 Å². The fourth-order valence-electron chi connectivity index (χ4n) is 2.53. The summed E-state index contributed by atoms with van der Waals surface area (Å²) in [5.41, 5.74) is 1.89. The molecule has 21 heavy (non-hydrogen) atoms. The van der Waals surface area contributed by atoms with E-state index in [0.29, 0.717) is 13.2 Å². The van der Waals surface area contributed by atoms with E-state index < -0.39 is 0 Å². The van der Waals surface area contributed by atoms with Crippen LogP contribution < -0.4 is 9.47 Å². The summed E-state index contributed by atoms with van der Waals surface area (Å²) in [6.07, 6.45) is 4.25. The van der Waals surface area contributed by atoms with Gasteiger partial charge in [0.15, 0.2) is 11.5 Å². The van der Waals surface area contributed by atoms with Crippen LogP contribution in [0.2, 0.25) is 0 Å². The third-order valence-corrected chi connectivity index (χ3v) is 3.59. The van der Waals surface area contributed by atoms with Crippen LogP contribution in [0.5, 0.6) is 11.5 Å². The maximum Gasteiger partial charge on any atom is 0.163 e. The smallest absolute Gasteiger partial charge is 0.163 e. The number of furan rings is 1. The molecule has 108 valence electrons. The van der Waals surface area contributed by atoms with Crippen molar-refractivity contribution in [3.8, 4) is 11.5 Å². The van der Waals surface area contributed by atoms with Crippen molar-refractivity contribution in [3.05, 3.63) is 42.1 Å². The van der Waals surface area contributed by atoms with Crippen molar-refractivity contribution < 1.29 is 13.9 Å². The molecule has 5 heteroatoms. The lowest BCUT2D eigenvalue weighted by atomic mass is 10.2. The predicted molar refractivity (Wildman–Crippen MR) is 77.8 cm³/mol. The molecule has 0 saturated heterocycles. The summed E-state index contributed by atoms with van der Waals surface area (Å²) in [6.45, 7) is 1.38. The van der Waals surface area contributed by atoms with Gasteiger partial charge in [0.1, 0.15) is 11.6 Å². The first-order valence-electron chi connectivity index (χ1n) is 7.19. The standard InChI is InChI=1S/C16H16N2O3/c1-3-11(19-6-1)4-5-16-17-12-9-14-15(10-13(12)18-16)21-8-2-7-20-14/h1,3,6,9-10H,2,4-5,7-8H2,(H,17,18). The molecule has 0 unspecified atom stereocenters. The van der Waals surface area contributed by atoms with E-state index in [1.165, 1.54) is 0 Å². The number of benzene rings is 1. The minimum atomic E-state index is 0.689. The highest BCUT2D eigenvalue weighted by Gasteiger charge is 2.14. The third-order valence-electron chi connectivity index (χ3n) is 3.59. The van der Waals surface area contributed by atoms with E-state index in [2.05, 4.69) is 9.97 Å². The number of nitrogens with one attached hydrogen (secondary N) is 1. The van der Waals surface area contributed by atoms with Gasteiger partial charge >= 0.3 is 0 Å². The van der Waals surface area contributed by atoms with E-state index >= 15 is 0 Å². The molecule has 0 bridgehead atoms. The molecule has 3 heterocycles. The molecule has 1 aliphatic heterocycles. The van der Waals surface area contributed by atoms with Crippen LogP contribution in [0.25, 0.3) is 11.0 Å². The van der Waals surface area contributed by atoms with Gasteiger partial charge in [0.25, 0.3) is 0 Å². The van der Waals surface area contributed by atoms with Crippen molar-refractivity contribution in [1.29, 1.82) is 0 Å². The summed E-state index contributed by atoms with van der Waals surface area (Å²) in [6, 6.07) is 7.80. The lowest BCUT2D eigenvalue weighted by Gasteiger charge is -2.05. The second-order valence-electron chi connectivity index (χ2n) is 5.13. The minimum absolute atomic E-state index is 0.689. The summed E-state index contributed by atoms with van der Waals surface area (Å²) in [4.78, 5) is 7.96. The van der Waals surface area contributed by atoms with Crippen molar-refractivity contribution in [2.45, 2.75) is 19.3 Å². The predicted octanol–water partition coefficient (Wildman–Crippen LogP) is 3.10. The van der Waals surface area contributed by atoms with Gasteiger partial charge in [0.2, 0.25) is 0 Å². The molecular weight excluding hydrogens is 268 g/mol. The van der Waals surface area contributed by atoms with Crippen molar-refractivity contribution in [1.82, 2.24) is 9.97 Å². The summed E-state index contributed by atoms with van der Waals surface area (Å²) < 4.78 is 16.7. The Morgan fingerprint density at radius 1 is 1.10 bits per heavy atom. The zero-order valence-electron chi connectivity index (χ0n) is 11.6. The van der Waals surface area contributed by atoms with Crippen LogP contribution in [0.15, 0.2) is 34.9 Å². The van der Waals surface area contributed by atoms with Gasteiger partial charge in [-0.3, -0.25) is 0 Å². The Kier molecular flexibility index (Phi) is 3.03. The molecule has 0 fully saturated rings. The van der Waals surface area contributed by atoms with E-state index in [1.54, 1.807) is 6.26 Å². The number of hydrogen-bond donors (Lipinski definition) is 1. The van der Waals surface area contributed by atoms with Crippen LogP contribution in [0.1, 0.15) is 18.0 Å². The van der Waals surface area contributed by atoms with Crippen LogP contribution >= 0.6 is 0 Å². The maximum absolute atomic E-state index is 5.70. The fourth-order valence-corrected chi connectivity index (χ4v) is 2.53. The molecule has 1 N–H and O–H groups in total. The lowest BCUT2D eigenvalue weighted by Crippen LogP contribution is -1.97. The average molecular weight is 284 g/mol. The number of aryl methyl sites for hydroxylation is 2. The molecule has 0 amide bonds. The number of ether oxygens (including phenoxy) is 2. The Balaban J connectivity index is 1.60. The number of rotatable bonds is 3. The molecule has 5 nitrogen and oxygen atoms in total. The molecule has 2 aromatic heterocycles. The molecule has 3 aromatic rings. The Morgan fingerprint density at radius 2 is 1.95 bits per heavy atom. The SMILES string of the molecule is c1coc(CCc2nc3cc4c(cc3[nH]2)OCCCO4)c1. The molecule has 1 aromatic carbocycles. The average Bonchev–Trinajstić information content (AvgIpc) is 3.07. The Morgan fingerprint density at radius 3 is 2.76 bits per heavy atom. The first-order valence-corrected chi connectivity index (χ1v) is 7.19. The first-order chi connectivity index (χ1) is 10.4. The van der Waals surface area contributed by atoms with Crippen molar-refractivity contribution in [3.63, 3.8) is 0 Å². The van der Waals surface area contributed by atoms with Crippen molar-refractivity contribution in [2.24, 2.45) is 0 Å². The Labute approximate surface area is 121 Å². The van der Waals surface area contributed by atoms with Crippen molar-refractivity contribution >= 4 is 11.0 Å². The van der Waals surface area contributed by atoms with Crippen molar-refractivity contribution in [2.75, 3.05) is 13.2 Å². The largest absolute Gasteiger partial charge is 0.489 e. The normalized spacial score (nSPS) is 14.3. The van der Waals surface area contributed by atoms with Gasteiger partial charge in [-0.2, -0.15) is 0 Å². The lowest BCUT2D eigenvalue weighted by molar-refractivity contribution is 0.297. The summed E-state index contributed by atoms with van der Waals surface area (Å²) in [7, 11) is 0. The van der Waals surface area contributed by atoms with Gasteiger partial charge < -0.3 is 18.9 Å². The fraction of sp³-hybridized carbons (Fsp3) is 0.312. The van der Waals surface area contributed by atoms with E-state index in [-0.39, 0.29) is 0 Å². The third kappa shape index (κ3) is 2.46. The first kappa shape index (κ1) is 12.3. The quantitative estimate of drug-likeness (QED) is 0.803. The summed E-state index contributed by atoms with van der Waals surface area (Å²) in [5, 5.41) is 0. The zero-order chi connectivity index (χ0) is 14.1. The molecule has 0 atom stereocenters. The molecule has 0 spiro atoms. The monoisotopic (exact) mass is 284 g/mol. The van der Waals surface area contributed by atoms with Crippen LogP contribution in [-0.2, 0) is 12.8 Å². The summed E-state index contributed by atoms with van der Waals surface area (Å²) >= 11 is 0. The highest BCUT2D eigenvalue weighted by atomic mass is 16.5. The molecular formula is C16H16N2O3. The molecule has 0 aliphatic carbocycles. The van der Waals surface area contributed by atoms with Gasteiger partial charge in [-0.15, -0.1) is 0 Å². The van der Waals surface area contributed by atoms with Crippen LogP contribution in [0.4, 0.5) is 0 Å². The van der Waals surface area contributed by atoms with E-state index in [0.717, 1.165) is 53.4 Å². The van der Waals surface area contributed by atoms with Gasteiger partial charge in [-0.05, 0) is 12.1 Å². The maximum atomic E-state index is 5.70. The highest BCUT2D eigenvalue weighted by molar-refractivity contribution is 5.79. The molecule has 0 radical (unpaired) electrons. The number of nitrogens with zero attached hydrogens (tertiary/aromatic N) is 1. The second-order valence-corrected chi connectivity index (χ2v) is 5.13.